The second kappa shape index (κ2) is 11.7. The Hall–Kier alpha value is -1.10. The predicted octanol–water partition coefficient (Wildman–Crippen LogP) is 5.21. The van der Waals surface area contributed by atoms with Crippen LogP contribution in [0.1, 0.15) is 113 Å². The topological polar surface area (TPSA) is 97.8 Å². The summed E-state index contributed by atoms with van der Waals surface area (Å²) in [5, 5.41) is 10.9. The van der Waals surface area contributed by atoms with Crippen LogP contribution in [0.3, 0.4) is 0 Å². The number of hydrogen-bond acceptors (Lipinski definition) is 9. The highest BCUT2D eigenvalue weighted by atomic mass is 16.7. The van der Waals surface area contributed by atoms with E-state index in [-0.39, 0.29) is 46.3 Å². The van der Waals surface area contributed by atoms with Crippen molar-refractivity contribution in [3.8, 4) is 0 Å². The average molecular weight is 685 g/mol. The molecule has 0 aromatic rings. The van der Waals surface area contributed by atoms with Crippen LogP contribution >= 0.6 is 0 Å². The lowest BCUT2D eigenvalue weighted by molar-refractivity contribution is -0.250. The number of ketones is 1. The van der Waals surface area contributed by atoms with Crippen molar-refractivity contribution in [3.05, 3.63) is 0 Å². The van der Waals surface area contributed by atoms with Crippen LogP contribution in [0.5, 0.6) is 0 Å². The minimum absolute atomic E-state index is 0.0291. The standard InChI is InChI=1S/C40H64N2O7/c1-23(2)42-19-25(20-42)41-17-18-46-31(21-41)49-30-13-14-40-22-39(40)16-15-38(8)27-9-11-28(35(37(6,7)45)47-24(3)43)48-34(27)33(44)32(38)26(39)10-12-29(40)36(30,4)5/h23,25-32,34-35,45H,9-22H2,1-8H3. The van der Waals surface area contributed by atoms with Gasteiger partial charge in [-0.2, -0.15) is 0 Å². The molecule has 49 heavy (non-hydrogen) atoms. The summed E-state index contributed by atoms with van der Waals surface area (Å²) in [5.74, 6) is 1.09. The van der Waals surface area contributed by atoms with Crippen molar-refractivity contribution in [2.75, 3.05) is 32.8 Å². The lowest BCUT2D eigenvalue weighted by atomic mass is 9.46. The van der Waals surface area contributed by atoms with Crippen LogP contribution in [0, 0.1) is 45.3 Å². The van der Waals surface area contributed by atoms with Crippen molar-refractivity contribution < 1.29 is 33.6 Å². The lowest BCUT2D eigenvalue weighted by Crippen LogP contribution is -2.64. The summed E-state index contributed by atoms with van der Waals surface area (Å²) in [6, 6.07) is 1.23. The summed E-state index contributed by atoms with van der Waals surface area (Å²) >= 11 is 0. The first kappa shape index (κ1) is 35.0. The summed E-state index contributed by atoms with van der Waals surface area (Å²) in [6.07, 6.45) is 7.97. The number of morpholine rings is 1. The Morgan fingerprint density at radius 1 is 0.980 bits per heavy atom. The first-order valence-electron chi connectivity index (χ1n) is 19.9. The summed E-state index contributed by atoms with van der Waals surface area (Å²) in [4.78, 5) is 31.7. The average Bonchev–Trinajstić information content (AvgIpc) is 3.61. The second-order valence-electron chi connectivity index (χ2n) is 19.6. The summed E-state index contributed by atoms with van der Waals surface area (Å²) < 4.78 is 25.5. The second-order valence-corrected chi connectivity index (χ2v) is 19.6. The molecule has 5 aliphatic carbocycles. The molecule has 12 unspecified atom stereocenters. The van der Waals surface area contributed by atoms with Crippen molar-refractivity contribution >= 4 is 11.8 Å². The van der Waals surface area contributed by atoms with E-state index >= 15 is 0 Å². The van der Waals surface area contributed by atoms with Gasteiger partial charge >= 0.3 is 5.97 Å². The third-order valence-corrected chi connectivity index (χ3v) is 16.2. The minimum Gasteiger partial charge on any atom is -0.457 e. The van der Waals surface area contributed by atoms with Crippen molar-refractivity contribution in [3.63, 3.8) is 0 Å². The molecule has 8 fully saturated rings. The van der Waals surface area contributed by atoms with Gasteiger partial charge < -0.3 is 24.1 Å². The van der Waals surface area contributed by atoms with Crippen LogP contribution in [0.2, 0.25) is 0 Å². The van der Waals surface area contributed by atoms with Gasteiger partial charge in [0.1, 0.15) is 6.10 Å². The third-order valence-electron chi connectivity index (χ3n) is 16.2. The summed E-state index contributed by atoms with van der Waals surface area (Å²) in [7, 11) is 0. The molecule has 0 bridgehead atoms. The van der Waals surface area contributed by atoms with Crippen LogP contribution in [0.15, 0.2) is 0 Å². The number of likely N-dealkylation sites (tertiary alicyclic amines) is 1. The number of fused-ring (bicyclic) bond motifs is 4. The molecule has 0 radical (unpaired) electrons. The van der Waals surface area contributed by atoms with E-state index in [2.05, 4.69) is 44.4 Å². The lowest BCUT2D eigenvalue weighted by Gasteiger charge is -2.59. The fourth-order valence-corrected chi connectivity index (χ4v) is 13.7. The molecule has 8 aliphatic rings. The SMILES string of the molecule is CC(=O)OC(C1CCC2C(O1)C(=O)C1C3CCC4C(C)(C)C(OC5CN(C6CN(C(C)C)C6)CCO5)CCC45CC35CCC21C)C(C)(C)O. The maximum atomic E-state index is 14.6. The number of esters is 1. The van der Waals surface area contributed by atoms with Crippen LogP contribution < -0.4 is 0 Å². The molecular formula is C40H64N2O7. The maximum absolute atomic E-state index is 14.6. The van der Waals surface area contributed by atoms with Gasteiger partial charge in [0.15, 0.2) is 18.2 Å². The third kappa shape index (κ3) is 5.20. The molecule has 8 rings (SSSR count). The minimum atomic E-state index is -1.26. The van der Waals surface area contributed by atoms with Crippen LogP contribution in [-0.4, -0.2) is 108 Å². The van der Waals surface area contributed by atoms with Gasteiger partial charge in [-0.05, 0) is 125 Å². The Morgan fingerprint density at radius 3 is 2.41 bits per heavy atom. The number of carbonyl (C=O) groups is 2. The maximum Gasteiger partial charge on any atom is 0.303 e. The molecule has 0 amide bonds. The molecule has 3 saturated heterocycles. The Kier molecular flexibility index (Phi) is 8.35. The Bertz CT molecular complexity index is 1320. The molecule has 2 spiro atoms. The predicted molar refractivity (Wildman–Crippen MR) is 184 cm³/mol. The number of nitrogens with zero attached hydrogens (tertiary/aromatic N) is 2. The normalized spacial score (nSPS) is 47.3. The van der Waals surface area contributed by atoms with E-state index in [1.807, 2.05) is 0 Å². The van der Waals surface area contributed by atoms with Crippen LogP contribution in [-0.2, 0) is 28.5 Å². The van der Waals surface area contributed by atoms with Crippen molar-refractivity contribution in [1.82, 2.24) is 9.80 Å². The number of rotatable bonds is 7. The van der Waals surface area contributed by atoms with Gasteiger partial charge in [-0.15, -0.1) is 0 Å². The van der Waals surface area contributed by atoms with Gasteiger partial charge in [0.05, 0.1) is 24.4 Å². The highest BCUT2D eigenvalue weighted by molar-refractivity contribution is 5.90. The van der Waals surface area contributed by atoms with E-state index in [1.54, 1.807) is 13.8 Å². The Morgan fingerprint density at radius 2 is 1.71 bits per heavy atom. The summed E-state index contributed by atoms with van der Waals surface area (Å²) in [6.45, 7) is 21.5. The van der Waals surface area contributed by atoms with Gasteiger partial charge in [-0.3, -0.25) is 19.4 Å². The highest BCUT2D eigenvalue weighted by Gasteiger charge is 2.82. The molecule has 1 N–H and O–H groups in total. The number of ether oxygens (including phenoxy) is 4. The quantitative estimate of drug-likeness (QED) is 0.363. The van der Waals surface area contributed by atoms with Gasteiger partial charge in [0.25, 0.3) is 0 Å². The first-order chi connectivity index (χ1) is 23.0. The molecule has 0 aromatic heterocycles. The fraction of sp³-hybridized carbons (Fsp3) is 0.950. The van der Waals surface area contributed by atoms with Gasteiger partial charge in [0, 0.05) is 51.1 Å². The molecule has 5 saturated carbocycles. The molecule has 9 nitrogen and oxygen atoms in total. The van der Waals surface area contributed by atoms with E-state index in [4.69, 9.17) is 18.9 Å². The molecular weight excluding hydrogens is 620 g/mol. The molecule has 276 valence electrons. The Labute approximate surface area is 294 Å². The molecule has 0 aromatic carbocycles. The fourth-order valence-electron chi connectivity index (χ4n) is 13.7. The van der Waals surface area contributed by atoms with Crippen molar-refractivity contribution in [2.24, 2.45) is 45.3 Å². The molecule has 3 heterocycles. The van der Waals surface area contributed by atoms with Gasteiger partial charge in [-0.1, -0.05) is 20.8 Å². The van der Waals surface area contributed by atoms with E-state index in [0.29, 0.717) is 35.8 Å². The molecule has 3 aliphatic heterocycles. The number of Topliss-reactive ketones (excluding diaryl/α,β-unsaturated/α-hetero) is 1. The van der Waals surface area contributed by atoms with E-state index in [1.165, 1.54) is 26.2 Å². The van der Waals surface area contributed by atoms with E-state index in [0.717, 1.165) is 64.9 Å². The number of carbonyl (C=O) groups excluding carboxylic acids is 2. The monoisotopic (exact) mass is 684 g/mol. The Balaban J connectivity index is 0.959. The zero-order chi connectivity index (χ0) is 34.9. The van der Waals surface area contributed by atoms with Gasteiger partial charge in [-0.25, -0.2) is 0 Å². The van der Waals surface area contributed by atoms with Crippen molar-refractivity contribution in [2.45, 2.75) is 162 Å². The van der Waals surface area contributed by atoms with Crippen LogP contribution in [0.25, 0.3) is 0 Å². The first-order valence-corrected chi connectivity index (χ1v) is 19.9. The highest BCUT2D eigenvalue weighted by Crippen LogP contribution is 2.87. The van der Waals surface area contributed by atoms with Gasteiger partial charge in [0.2, 0.25) is 0 Å². The van der Waals surface area contributed by atoms with Crippen molar-refractivity contribution in [1.29, 1.82) is 0 Å². The zero-order valence-electron chi connectivity index (χ0n) is 31.5. The van der Waals surface area contributed by atoms with Crippen LogP contribution in [0.4, 0.5) is 0 Å². The number of hydrogen-bond donors (Lipinski definition) is 1. The zero-order valence-corrected chi connectivity index (χ0v) is 31.5. The van der Waals surface area contributed by atoms with E-state index in [9.17, 15) is 14.7 Å². The summed E-state index contributed by atoms with van der Waals surface area (Å²) in [5.41, 5.74) is -0.698. The van der Waals surface area contributed by atoms with E-state index < -0.39 is 29.9 Å². The molecule has 12 atom stereocenters. The largest absolute Gasteiger partial charge is 0.457 e. The smallest absolute Gasteiger partial charge is 0.303 e. The molecule has 9 heteroatoms. The number of aliphatic hydroxyl groups is 1.